The molecule has 0 radical (unpaired) electrons. The van der Waals surface area contributed by atoms with Crippen molar-refractivity contribution in [3.63, 3.8) is 0 Å². The van der Waals surface area contributed by atoms with Crippen molar-refractivity contribution in [2.45, 2.75) is 19.8 Å². The number of aromatic nitrogens is 2. The number of benzene rings is 2. The quantitative estimate of drug-likeness (QED) is 0.436. The van der Waals surface area contributed by atoms with Crippen LogP contribution in [0.15, 0.2) is 66.2 Å². The second-order valence-electron chi connectivity index (χ2n) is 6.81. The van der Waals surface area contributed by atoms with Gasteiger partial charge in [-0.25, -0.2) is 9.78 Å². The maximum Gasteiger partial charge on any atom is 0.338 e. The molecule has 0 unspecified atom stereocenters. The molecule has 0 spiro atoms. The summed E-state index contributed by atoms with van der Waals surface area (Å²) < 4.78 is 7.10. The summed E-state index contributed by atoms with van der Waals surface area (Å²) in [5.41, 5.74) is 3.76. The summed E-state index contributed by atoms with van der Waals surface area (Å²) in [5, 5.41) is 4.80. The maximum absolute atomic E-state index is 12.6. The number of ether oxygens (including phenoxy) is 1. The Kier molecular flexibility index (Phi) is 5.90. The third kappa shape index (κ3) is 4.41. The number of hydrogen-bond acceptors (Lipinski definition) is 5. The van der Waals surface area contributed by atoms with Crippen molar-refractivity contribution in [2.75, 3.05) is 11.9 Å². The first kappa shape index (κ1) is 19.8. The number of amides is 1. The van der Waals surface area contributed by atoms with Crippen LogP contribution in [-0.4, -0.2) is 27.9 Å². The summed E-state index contributed by atoms with van der Waals surface area (Å²) in [7, 11) is 0. The predicted octanol–water partition coefficient (Wildman–Crippen LogP) is 4.81. The normalized spacial score (nSPS) is 10.8. The van der Waals surface area contributed by atoms with E-state index in [4.69, 9.17) is 4.74 Å². The molecule has 1 amide bonds. The number of nitrogens with one attached hydrogen (secondary N) is 1. The molecule has 0 saturated carbocycles. The fourth-order valence-electron chi connectivity index (χ4n) is 3.08. The van der Waals surface area contributed by atoms with E-state index in [1.165, 1.54) is 11.3 Å². The number of rotatable bonds is 7. The Balaban J connectivity index is 1.46. The Hall–Kier alpha value is -3.45. The van der Waals surface area contributed by atoms with Gasteiger partial charge in [0.05, 0.1) is 24.3 Å². The van der Waals surface area contributed by atoms with E-state index in [2.05, 4.69) is 10.3 Å². The minimum absolute atomic E-state index is 0.163. The molecule has 4 aromatic rings. The van der Waals surface area contributed by atoms with Gasteiger partial charge in [-0.2, -0.15) is 0 Å². The van der Waals surface area contributed by atoms with E-state index in [0.29, 0.717) is 17.9 Å². The fraction of sp³-hybridized carbons (Fsp3) is 0.174. The summed E-state index contributed by atoms with van der Waals surface area (Å²) in [4.78, 5) is 30.1. The van der Waals surface area contributed by atoms with E-state index in [-0.39, 0.29) is 18.3 Å². The van der Waals surface area contributed by atoms with Crippen molar-refractivity contribution in [3.8, 4) is 11.3 Å². The first-order valence-electron chi connectivity index (χ1n) is 9.72. The molecule has 152 valence electrons. The molecule has 7 heteroatoms. The number of anilines is 1. The molecule has 2 aromatic carbocycles. The smallest absolute Gasteiger partial charge is 0.338 e. The molecule has 0 atom stereocenters. The standard InChI is InChI=1S/C23H21N3O3S/c1-2-11-29-22(28)17-9-6-10-18(12-17)24-21(27)13-19-15-30-23-25-20(14-26(19)23)16-7-4-3-5-8-16/h3-10,12,14-15H,2,11,13H2,1H3,(H,24,27). The van der Waals surface area contributed by atoms with E-state index in [9.17, 15) is 9.59 Å². The molecule has 2 aromatic heterocycles. The molecule has 0 aliphatic heterocycles. The first-order valence-corrected chi connectivity index (χ1v) is 10.6. The van der Waals surface area contributed by atoms with Crippen LogP contribution in [0, 0.1) is 0 Å². The molecule has 0 aliphatic rings. The van der Waals surface area contributed by atoms with E-state index in [1.54, 1.807) is 24.3 Å². The molecule has 0 fully saturated rings. The lowest BCUT2D eigenvalue weighted by molar-refractivity contribution is -0.115. The van der Waals surface area contributed by atoms with Crippen LogP contribution in [0.3, 0.4) is 0 Å². The van der Waals surface area contributed by atoms with Crippen molar-refractivity contribution in [1.29, 1.82) is 0 Å². The van der Waals surface area contributed by atoms with Crippen molar-refractivity contribution >= 4 is 33.9 Å². The third-order valence-corrected chi connectivity index (χ3v) is 5.40. The van der Waals surface area contributed by atoms with Crippen LogP contribution in [0.5, 0.6) is 0 Å². The lowest BCUT2D eigenvalue weighted by Gasteiger charge is -2.07. The van der Waals surface area contributed by atoms with Gasteiger partial charge in [0.1, 0.15) is 0 Å². The number of thiazole rings is 1. The zero-order chi connectivity index (χ0) is 20.9. The molecular weight excluding hydrogens is 398 g/mol. The highest BCUT2D eigenvalue weighted by atomic mass is 32.1. The Labute approximate surface area is 178 Å². The lowest BCUT2D eigenvalue weighted by atomic mass is 10.2. The molecular formula is C23H21N3O3S. The van der Waals surface area contributed by atoms with Crippen LogP contribution in [0.2, 0.25) is 0 Å². The zero-order valence-corrected chi connectivity index (χ0v) is 17.3. The van der Waals surface area contributed by atoms with Gasteiger partial charge >= 0.3 is 5.97 Å². The number of esters is 1. The second-order valence-corrected chi connectivity index (χ2v) is 7.65. The van der Waals surface area contributed by atoms with E-state index in [0.717, 1.165) is 28.3 Å². The van der Waals surface area contributed by atoms with Gasteiger partial charge in [0.2, 0.25) is 5.91 Å². The molecule has 1 N–H and O–H groups in total. The van der Waals surface area contributed by atoms with Gasteiger partial charge in [-0.15, -0.1) is 11.3 Å². The molecule has 6 nitrogen and oxygen atoms in total. The first-order chi connectivity index (χ1) is 14.6. The van der Waals surface area contributed by atoms with Crippen LogP contribution in [0.1, 0.15) is 29.4 Å². The average molecular weight is 420 g/mol. The third-order valence-electron chi connectivity index (χ3n) is 4.51. The number of hydrogen-bond donors (Lipinski definition) is 1. The van der Waals surface area contributed by atoms with Gasteiger partial charge in [0.25, 0.3) is 0 Å². The van der Waals surface area contributed by atoms with Crippen molar-refractivity contribution in [3.05, 3.63) is 77.4 Å². The summed E-state index contributed by atoms with van der Waals surface area (Å²) >= 11 is 1.50. The predicted molar refractivity (Wildman–Crippen MR) is 118 cm³/mol. The Bertz CT molecular complexity index is 1180. The molecule has 0 bridgehead atoms. The van der Waals surface area contributed by atoms with E-state index < -0.39 is 0 Å². The van der Waals surface area contributed by atoms with Crippen molar-refractivity contribution < 1.29 is 14.3 Å². The summed E-state index contributed by atoms with van der Waals surface area (Å²) in [6.45, 7) is 2.31. The Morgan fingerprint density at radius 3 is 2.77 bits per heavy atom. The van der Waals surface area contributed by atoms with Gasteiger partial charge in [0.15, 0.2) is 4.96 Å². The van der Waals surface area contributed by atoms with Crippen molar-refractivity contribution in [1.82, 2.24) is 9.38 Å². The van der Waals surface area contributed by atoms with Gasteiger partial charge in [-0.1, -0.05) is 43.3 Å². The summed E-state index contributed by atoms with van der Waals surface area (Å²) in [6, 6.07) is 16.7. The Morgan fingerprint density at radius 2 is 1.97 bits per heavy atom. The van der Waals surface area contributed by atoms with Gasteiger partial charge in [-0.3, -0.25) is 9.20 Å². The highest BCUT2D eigenvalue weighted by Gasteiger charge is 2.14. The average Bonchev–Trinajstić information content (AvgIpc) is 3.35. The molecule has 0 saturated heterocycles. The number of carbonyl (C=O) groups is 2. The second kappa shape index (κ2) is 8.92. The lowest BCUT2D eigenvalue weighted by Crippen LogP contribution is -2.16. The fourth-order valence-corrected chi connectivity index (χ4v) is 3.95. The van der Waals surface area contributed by atoms with Crippen LogP contribution >= 0.6 is 11.3 Å². The largest absolute Gasteiger partial charge is 0.462 e. The number of imidazole rings is 1. The van der Waals surface area contributed by atoms with Crippen LogP contribution in [-0.2, 0) is 16.0 Å². The summed E-state index contributed by atoms with van der Waals surface area (Å²) in [5.74, 6) is -0.553. The zero-order valence-electron chi connectivity index (χ0n) is 16.5. The number of carbonyl (C=O) groups excluding carboxylic acids is 2. The minimum atomic E-state index is -0.389. The highest BCUT2D eigenvalue weighted by Crippen LogP contribution is 2.24. The Morgan fingerprint density at radius 1 is 1.13 bits per heavy atom. The van der Waals surface area contributed by atoms with E-state index in [1.807, 2.05) is 53.2 Å². The van der Waals surface area contributed by atoms with Gasteiger partial charge in [-0.05, 0) is 24.6 Å². The number of nitrogens with zero attached hydrogens (tertiary/aromatic N) is 2. The monoisotopic (exact) mass is 419 g/mol. The molecule has 30 heavy (non-hydrogen) atoms. The minimum Gasteiger partial charge on any atom is -0.462 e. The number of fused-ring (bicyclic) bond motifs is 1. The highest BCUT2D eigenvalue weighted by molar-refractivity contribution is 7.15. The molecule has 4 rings (SSSR count). The topological polar surface area (TPSA) is 72.7 Å². The van der Waals surface area contributed by atoms with Crippen LogP contribution < -0.4 is 5.32 Å². The van der Waals surface area contributed by atoms with Crippen molar-refractivity contribution in [2.24, 2.45) is 0 Å². The van der Waals surface area contributed by atoms with Gasteiger partial charge < -0.3 is 10.1 Å². The van der Waals surface area contributed by atoms with E-state index >= 15 is 0 Å². The molecule has 0 aliphatic carbocycles. The SMILES string of the molecule is CCCOC(=O)c1cccc(NC(=O)Cc2csc3nc(-c4ccccc4)cn23)c1. The molecule has 2 heterocycles. The van der Waals surface area contributed by atoms with Crippen LogP contribution in [0.4, 0.5) is 5.69 Å². The maximum atomic E-state index is 12.6. The van der Waals surface area contributed by atoms with Crippen LogP contribution in [0.25, 0.3) is 16.2 Å². The summed E-state index contributed by atoms with van der Waals surface area (Å²) in [6.07, 6.45) is 2.92. The van der Waals surface area contributed by atoms with Gasteiger partial charge in [0, 0.05) is 28.5 Å².